The molecular formula is C21H27NO5. The molecule has 0 aliphatic rings. The molecule has 0 bridgehead atoms. The molecule has 0 radical (unpaired) electrons. The first-order chi connectivity index (χ1) is 12.8. The third kappa shape index (κ3) is 5.79. The number of benzene rings is 2. The Morgan fingerprint density at radius 2 is 1.96 bits per heavy atom. The molecule has 0 saturated heterocycles. The SMILES string of the molecule is COC(=O)c1cccc(CC(C)(C)NC[C@@H](O)c2ccc(O)c(CO)c2)c1. The van der Waals surface area contributed by atoms with Crippen LogP contribution in [0.2, 0.25) is 0 Å². The summed E-state index contributed by atoms with van der Waals surface area (Å²) in [6.07, 6.45) is -0.126. The number of aliphatic hydroxyl groups is 2. The fourth-order valence-electron chi connectivity index (χ4n) is 2.93. The van der Waals surface area contributed by atoms with Gasteiger partial charge in [-0.3, -0.25) is 0 Å². The van der Waals surface area contributed by atoms with E-state index in [1.54, 1.807) is 24.3 Å². The molecule has 0 fully saturated rings. The molecular weight excluding hydrogens is 346 g/mol. The van der Waals surface area contributed by atoms with E-state index >= 15 is 0 Å². The lowest BCUT2D eigenvalue weighted by Gasteiger charge is -2.28. The zero-order chi connectivity index (χ0) is 20.0. The van der Waals surface area contributed by atoms with E-state index in [9.17, 15) is 20.1 Å². The van der Waals surface area contributed by atoms with Crippen LogP contribution in [0.5, 0.6) is 5.75 Å². The summed E-state index contributed by atoms with van der Waals surface area (Å²) in [5, 5.41) is 32.6. The van der Waals surface area contributed by atoms with Crippen LogP contribution in [-0.4, -0.2) is 40.5 Å². The van der Waals surface area contributed by atoms with Crippen molar-refractivity contribution in [2.24, 2.45) is 0 Å². The van der Waals surface area contributed by atoms with Gasteiger partial charge in [-0.15, -0.1) is 0 Å². The van der Waals surface area contributed by atoms with E-state index in [0.29, 0.717) is 29.7 Å². The van der Waals surface area contributed by atoms with Gasteiger partial charge in [0.25, 0.3) is 0 Å². The molecule has 1 atom stereocenters. The van der Waals surface area contributed by atoms with Crippen LogP contribution in [0.4, 0.5) is 0 Å². The van der Waals surface area contributed by atoms with Crippen LogP contribution >= 0.6 is 0 Å². The summed E-state index contributed by atoms with van der Waals surface area (Å²) in [6.45, 7) is 4.04. The zero-order valence-corrected chi connectivity index (χ0v) is 15.9. The average Bonchev–Trinajstić information content (AvgIpc) is 2.65. The number of carbonyl (C=O) groups is 1. The summed E-state index contributed by atoms with van der Waals surface area (Å²) < 4.78 is 4.75. The Kier molecular flexibility index (Phi) is 6.96. The first-order valence-electron chi connectivity index (χ1n) is 8.79. The summed E-state index contributed by atoms with van der Waals surface area (Å²) in [5.41, 5.74) is 2.16. The van der Waals surface area contributed by atoms with E-state index in [4.69, 9.17) is 4.74 Å². The van der Waals surface area contributed by atoms with Crippen molar-refractivity contribution in [3.05, 3.63) is 64.7 Å². The number of phenols is 1. The number of nitrogens with one attached hydrogen (secondary N) is 1. The molecule has 0 unspecified atom stereocenters. The number of β-amino-alcohol motifs (C(OH)–C–C–N with tert-alkyl or cyclic N) is 1. The Bertz CT molecular complexity index is 788. The summed E-state index contributed by atoms with van der Waals surface area (Å²) in [6, 6.07) is 12.0. The normalized spacial score (nSPS) is 12.6. The van der Waals surface area contributed by atoms with E-state index in [0.717, 1.165) is 5.56 Å². The van der Waals surface area contributed by atoms with Crippen LogP contribution in [0.3, 0.4) is 0 Å². The second-order valence-electron chi connectivity index (χ2n) is 7.20. The number of ether oxygens (including phenoxy) is 1. The number of methoxy groups -OCH3 is 1. The first kappa shape index (κ1) is 20.9. The third-order valence-corrected chi connectivity index (χ3v) is 4.43. The number of hydrogen-bond acceptors (Lipinski definition) is 6. The molecule has 0 heterocycles. The quantitative estimate of drug-likeness (QED) is 0.530. The smallest absolute Gasteiger partial charge is 0.337 e. The van der Waals surface area contributed by atoms with Crippen molar-refractivity contribution >= 4 is 5.97 Å². The van der Waals surface area contributed by atoms with E-state index in [2.05, 4.69) is 5.32 Å². The standard InChI is InChI=1S/C21H27NO5/c1-21(2,11-14-5-4-6-16(9-14)20(26)27-3)22-12-19(25)15-7-8-18(24)17(10-15)13-23/h4-10,19,22-25H,11-13H2,1-3H3/t19-/m1/s1. The van der Waals surface area contributed by atoms with Crippen molar-refractivity contribution in [1.29, 1.82) is 0 Å². The minimum absolute atomic E-state index is 0.00669. The lowest BCUT2D eigenvalue weighted by molar-refractivity contribution is 0.0600. The van der Waals surface area contributed by atoms with Crippen molar-refractivity contribution in [1.82, 2.24) is 5.32 Å². The fourth-order valence-corrected chi connectivity index (χ4v) is 2.93. The second kappa shape index (κ2) is 8.99. The number of carbonyl (C=O) groups excluding carboxylic acids is 1. The Morgan fingerprint density at radius 3 is 2.63 bits per heavy atom. The van der Waals surface area contributed by atoms with Gasteiger partial charge in [-0.05, 0) is 55.7 Å². The van der Waals surface area contributed by atoms with Gasteiger partial charge in [-0.25, -0.2) is 4.79 Å². The second-order valence-corrected chi connectivity index (χ2v) is 7.20. The zero-order valence-electron chi connectivity index (χ0n) is 15.9. The van der Waals surface area contributed by atoms with E-state index in [1.165, 1.54) is 13.2 Å². The Morgan fingerprint density at radius 1 is 1.22 bits per heavy atom. The number of aromatic hydroxyl groups is 1. The van der Waals surface area contributed by atoms with Gasteiger partial charge >= 0.3 is 5.97 Å². The molecule has 0 amide bonds. The van der Waals surface area contributed by atoms with Gasteiger partial charge in [0, 0.05) is 17.6 Å². The molecule has 0 aromatic heterocycles. The highest BCUT2D eigenvalue weighted by atomic mass is 16.5. The van der Waals surface area contributed by atoms with Gasteiger partial charge in [-0.2, -0.15) is 0 Å². The molecule has 4 N–H and O–H groups in total. The third-order valence-electron chi connectivity index (χ3n) is 4.43. The van der Waals surface area contributed by atoms with E-state index < -0.39 is 6.10 Å². The highest BCUT2D eigenvalue weighted by Gasteiger charge is 2.21. The summed E-state index contributed by atoms with van der Waals surface area (Å²) in [7, 11) is 1.35. The van der Waals surface area contributed by atoms with Gasteiger partial charge in [0.2, 0.25) is 0 Å². The lowest BCUT2D eigenvalue weighted by Crippen LogP contribution is -2.43. The molecule has 0 saturated carbocycles. The van der Waals surface area contributed by atoms with Crippen LogP contribution in [-0.2, 0) is 17.8 Å². The summed E-state index contributed by atoms with van der Waals surface area (Å²) in [5.74, 6) is -0.364. The highest BCUT2D eigenvalue weighted by molar-refractivity contribution is 5.89. The Hall–Kier alpha value is -2.41. The highest BCUT2D eigenvalue weighted by Crippen LogP contribution is 2.23. The molecule has 2 rings (SSSR count). The monoisotopic (exact) mass is 373 g/mol. The van der Waals surface area contributed by atoms with Gasteiger partial charge in [0.1, 0.15) is 5.75 Å². The van der Waals surface area contributed by atoms with Gasteiger partial charge in [0.15, 0.2) is 0 Å². The van der Waals surface area contributed by atoms with Crippen LogP contribution < -0.4 is 5.32 Å². The lowest BCUT2D eigenvalue weighted by atomic mass is 9.93. The largest absolute Gasteiger partial charge is 0.508 e. The van der Waals surface area contributed by atoms with Crippen molar-refractivity contribution in [3.8, 4) is 5.75 Å². The maximum atomic E-state index is 11.7. The first-order valence-corrected chi connectivity index (χ1v) is 8.79. The maximum Gasteiger partial charge on any atom is 0.337 e. The Labute approximate surface area is 159 Å². The fraction of sp³-hybridized carbons (Fsp3) is 0.381. The van der Waals surface area contributed by atoms with Gasteiger partial charge < -0.3 is 25.4 Å². The maximum absolute atomic E-state index is 11.7. The van der Waals surface area contributed by atoms with Gasteiger partial charge in [0.05, 0.1) is 25.4 Å². The van der Waals surface area contributed by atoms with Crippen LogP contribution in [0.25, 0.3) is 0 Å². The molecule has 27 heavy (non-hydrogen) atoms. The van der Waals surface area contributed by atoms with Crippen LogP contribution in [0.15, 0.2) is 42.5 Å². The molecule has 146 valence electrons. The molecule has 2 aromatic carbocycles. The predicted molar refractivity (Wildman–Crippen MR) is 103 cm³/mol. The minimum atomic E-state index is -0.781. The minimum Gasteiger partial charge on any atom is -0.508 e. The molecule has 6 nitrogen and oxygen atoms in total. The predicted octanol–water partition coefficient (Wildman–Crippen LogP) is 2.32. The van der Waals surface area contributed by atoms with Crippen molar-refractivity contribution < 1.29 is 24.9 Å². The molecule has 2 aromatic rings. The molecule has 0 aliphatic heterocycles. The van der Waals surface area contributed by atoms with Crippen molar-refractivity contribution in [2.75, 3.05) is 13.7 Å². The summed E-state index contributed by atoms with van der Waals surface area (Å²) >= 11 is 0. The average molecular weight is 373 g/mol. The van der Waals surface area contributed by atoms with Crippen molar-refractivity contribution in [3.63, 3.8) is 0 Å². The Balaban J connectivity index is 2.01. The van der Waals surface area contributed by atoms with Crippen LogP contribution in [0, 0.1) is 0 Å². The summed E-state index contributed by atoms with van der Waals surface area (Å²) in [4.78, 5) is 11.7. The van der Waals surface area contributed by atoms with E-state index in [-0.39, 0.29) is 23.9 Å². The number of rotatable bonds is 8. The van der Waals surface area contributed by atoms with E-state index in [1.807, 2.05) is 26.0 Å². The molecule has 0 spiro atoms. The number of aliphatic hydroxyl groups excluding tert-OH is 2. The molecule has 0 aliphatic carbocycles. The number of hydrogen-bond donors (Lipinski definition) is 4. The topological polar surface area (TPSA) is 99.0 Å². The number of esters is 1. The van der Waals surface area contributed by atoms with Gasteiger partial charge in [-0.1, -0.05) is 18.2 Å². The van der Waals surface area contributed by atoms with Crippen LogP contribution in [0.1, 0.15) is 47.0 Å². The van der Waals surface area contributed by atoms with Crippen molar-refractivity contribution in [2.45, 2.75) is 38.5 Å². The molecule has 6 heteroatoms.